The first-order chi connectivity index (χ1) is 5.13. The first-order valence-corrected chi connectivity index (χ1v) is 4.09. The predicted octanol–water partition coefficient (Wildman–Crippen LogP) is 1.79. The van der Waals surface area contributed by atoms with Gasteiger partial charge in [0, 0.05) is 18.7 Å². The van der Waals surface area contributed by atoms with Crippen LogP contribution in [-0.2, 0) is 0 Å². The van der Waals surface area contributed by atoms with Crippen molar-refractivity contribution in [2.75, 3.05) is 6.54 Å². The molecule has 1 nitrogen and oxygen atoms in total. The van der Waals surface area contributed by atoms with Gasteiger partial charge in [0.2, 0.25) is 0 Å². The molecule has 58 valence electrons. The van der Waals surface area contributed by atoms with Crippen LogP contribution in [0.15, 0.2) is 16.0 Å². The summed E-state index contributed by atoms with van der Waals surface area (Å²) < 4.78 is 0. The molecular weight excluding hydrogens is 133 g/mol. The van der Waals surface area contributed by atoms with Gasteiger partial charge >= 0.3 is 0 Å². The zero-order chi connectivity index (χ0) is 8.43. The van der Waals surface area contributed by atoms with Crippen LogP contribution in [0.1, 0.15) is 20.8 Å². The van der Waals surface area contributed by atoms with Gasteiger partial charge in [-0.2, -0.15) is 0 Å². The Morgan fingerprint density at radius 2 is 2.27 bits per heavy atom. The van der Waals surface area contributed by atoms with Crippen molar-refractivity contribution in [2.45, 2.75) is 20.8 Å². The zero-order valence-electron chi connectivity index (χ0n) is 7.46. The van der Waals surface area contributed by atoms with Crippen molar-refractivity contribution >= 4 is 14.1 Å². The standard InChI is InChI=1S/C9H14BN/c1-6(2)8-4-11-5-9(10)7(8)3/h5-6,8H,4H2,1-3H3. The van der Waals surface area contributed by atoms with Crippen LogP contribution in [0.2, 0.25) is 0 Å². The Labute approximate surface area is 70.0 Å². The second kappa shape index (κ2) is 3.25. The van der Waals surface area contributed by atoms with Gasteiger partial charge in [0.1, 0.15) is 7.85 Å². The number of hydrogen-bond acceptors (Lipinski definition) is 1. The quantitative estimate of drug-likeness (QED) is 0.501. The molecule has 0 fully saturated rings. The first kappa shape index (κ1) is 8.57. The van der Waals surface area contributed by atoms with Gasteiger partial charge in [-0.1, -0.05) is 24.9 Å². The number of nitrogens with zero attached hydrogens (tertiary/aromatic N) is 1. The van der Waals surface area contributed by atoms with Gasteiger partial charge < -0.3 is 0 Å². The summed E-state index contributed by atoms with van der Waals surface area (Å²) in [5.41, 5.74) is 2.16. The van der Waals surface area contributed by atoms with E-state index in [4.69, 9.17) is 7.85 Å². The highest BCUT2D eigenvalue weighted by Gasteiger charge is 2.17. The number of rotatable bonds is 1. The largest absolute Gasteiger partial charge is 0.293 e. The molecule has 0 aromatic heterocycles. The fraction of sp³-hybridized carbons (Fsp3) is 0.667. The topological polar surface area (TPSA) is 12.4 Å². The first-order valence-electron chi connectivity index (χ1n) is 4.09. The molecule has 0 amide bonds. The lowest BCUT2D eigenvalue weighted by atomic mass is 9.79. The summed E-state index contributed by atoms with van der Waals surface area (Å²) >= 11 is 0. The molecule has 0 aliphatic carbocycles. The number of hydrogen-bond donors (Lipinski definition) is 0. The molecule has 2 radical (unpaired) electrons. The lowest BCUT2D eigenvalue weighted by Gasteiger charge is -2.24. The number of dihydropyridines is 1. The van der Waals surface area contributed by atoms with Crippen molar-refractivity contribution in [1.82, 2.24) is 0 Å². The molecule has 1 atom stereocenters. The normalized spacial score (nSPS) is 24.9. The molecule has 1 rings (SSSR count). The Balaban J connectivity index is 2.81. The molecule has 11 heavy (non-hydrogen) atoms. The van der Waals surface area contributed by atoms with Crippen molar-refractivity contribution in [1.29, 1.82) is 0 Å². The summed E-state index contributed by atoms with van der Waals surface area (Å²) in [5, 5.41) is 0. The Morgan fingerprint density at radius 3 is 2.73 bits per heavy atom. The summed E-state index contributed by atoms with van der Waals surface area (Å²) in [6.45, 7) is 7.43. The third kappa shape index (κ3) is 1.73. The van der Waals surface area contributed by atoms with Gasteiger partial charge in [0.05, 0.1) is 0 Å². The Kier molecular flexibility index (Phi) is 2.53. The van der Waals surface area contributed by atoms with Crippen molar-refractivity contribution in [3.8, 4) is 0 Å². The number of aliphatic imine (C=N–C) groups is 1. The fourth-order valence-electron chi connectivity index (χ4n) is 1.43. The van der Waals surface area contributed by atoms with Crippen LogP contribution in [0.4, 0.5) is 0 Å². The molecule has 1 heterocycles. The van der Waals surface area contributed by atoms with Gasteiger partial charge in [0.15, 0.2) is 0 Å². The minimum Gasteiger partial charge on any atom is -0.293 e. The van der Waals surface area contributed by atoms with Gasteiger partial charge in [-0.05, 0) is 12.8 Å². The molecule has 0 saturated heterocycles. The monoisotopic (exact) mass is 147 g/mol. The van der Waals surface area contributed by atoms with Crippen LogP contribution >= 0.6 is 0 Å². The second-order valence-electron chi connectivity index (χ2n) is 3.48. The average molecular weight is 147 g/mol. The van der Waals surface area contributed by atoms with E-state index in [1.165, 1.54) is 5.57 Å². The van der Waals surface area contributed by atoms with Crippen molar-refractivity contribution in [3.05, 3.63) is 11.0 Å². The van der Waals surface area contributed by atoms with Gasteiger partial charge in [-0.15, -0.1) is 0 Å². The van der Waals surface area contributed by atoms with Crippen molar-refractivity contribution < 1.29 is 0 Å². The van der Waals surface area contributed by atoms with E-state index in [9.17, 15) is 0 Å². The highest BCUT2D eigenvalue weighted by Crippen LogP contribution is 2.24. The van der Waals surface area contributed by atoms with E-state index in [0.29, 0.717) is 11.8 Å². The maximum Gasteiger partial charge on any atom is 0.115 e. The molecule has 1 unspecified atom stereocenters. The third-order valence-electron chi connectivity index (χ3n) is 2.35. The molecule has 0 bridgehead atoms. The lowest BCUT2D eigenvalue weighted by Crippen LogP contribution is -2.19. The van der Waals surface area contributed by atoms with E-state index >= 15 is 0 Å². The van der Waals surface area contributed by atoms with Gasteiger partial charge in [0.25, 0.3) is 0 Å². The highest BCUT2D eigenvalue weighted by atomic mass is 14.7. The Morgan fingerprint density at radius 1 is 1.64 bits per heavy atom. The Bertz CT molecular complexity index is 204. The molecule has 0 saturated carbocycles. The maximum absolute atomic E-state index is 5.74. The van der Waals surface area contributed by atoms with Crippen LogP contribution in [-0.4, -0.2) is 20.6 Å². The summed E-state index contributed by atoms with van der Waals surface area (Å²) in [4.78, 5) is 4.20. The molecule has 1 aliphatic heterocycles. The van der Waals surface area contributed by atoms with E-state index in [-0.39, 0.29) is 0 Å². The maximum atomic E-state index is 5.74. The molecule has 1 aliphatic rings. The van der Waals surface area contributed by atoms with Crippen LogP contribution in [0.3, 0.4) is 0 Å². The summed E-state index contributed by atoms with van der Waals surface area (Å²) in [5.74, 6) is 1.20. The second-order valence-corrected chi connectivity index (χ2v) is 3.48. The third-order valence-corrected chi connectivity index (χ3v) is 2.35. The van der Waals surface area contributed by atoms with Gasteiger partial charge in [-0.3, -0.25) is 4.99 Å². The zero-order valence-corrected chi connectivity index (χ0v) is 7.46. The molecule has 0 aromatic rings. The van der Waals surface area contributed by atoms with E-state index in [2.05, 4.69) is 25.8 Å². The lowest BCUT2D eigenvalue weighted by molar-refractivity contribution is 0.450. The predicted molar refractivity (Wildman–Crippen MR) is 50.1 cm³/mol. The summed E-state index contributed by atoms with van der Waals surface area (Å²) in [7, 11) is 5.74. The van der Waals surface area contributed by atoms with E-state index in [0.717, 1.165) is 12.0 Å². The average Bonchev–Trinajstić information content (AvgIpc) is 1.94. The minimum atomic E-state index is 0.556. The van der Waals surface area contributed by atoms with Crippen molar-refractivity contribution in [2.24, 2.45) is 16.8 Å². The molecule has 0 N–H and O–H groups in total. The summed E-state index contributed by atoms with van der Waals surface area (Å²) in [6.07, 6.45) is 1.77. The van der Waals surface area contributed by atoms with Crippen LogP contribution in [0.5, 0.6) is 0 Å². The summed E-state index contributed by atoms with van der Waals surface area (Å²) in [6, 6.07) is 0. The van der Waals surface area contributed by atoms with Crippen molar-refractivity contribution in [3.63, 3.8) is 0 Å². The van der Waals surface area contributed by atoms with E-state index in [1.807, 2.05) is 0 Å². The van der Waals surface area contributed by atoms with Gasteiger partial charge in [-0.25, -0.2) is 0 Å². The fourth-order valence-corrected chi connectivity index (χ4v) is 1.43. The smallest absolute Gasteiger partial charge is 0.115 e. The van der Waals surface area contributed by atoms with Crippen LogP contribution in [0, 0.1) is 11.8 Å². The van der Waals surface area contributed by atoms with E-state index < -0.39 is 0 Å². The molecular formula is C9H14BN. The van der Waals surface area contributed by atoms with E-state index in [1.54, 1.807) is 6.21 Å². The Hall–Kier alpha value is -0.525. The molecule has 0 spiro atoms. The minimum absolute atomic E-state index is 0.556. The van der Waals surface area contributed by atoms with Crippen LogP contribution in [0.25, 0.3) is 0 Å². The van der Waals surface area contributed by atoms with Crippen LogP contribution < -0.4 is 0 Å². The molecule has 0 aromatic carbocycles. The molecule has 2 heteroatoms. The number of allylic oxidation sites excluding steroid dienone is 1. The SMILES string of the molecule is [B]C1=C(C)C(C(C)C)CN=C1. The highest BCUT2D eigenvalue weighted by molar-refractivity contribution is 6.33.